The molecule has 0 bridgehead atoms. The van der Waals surface area contributed by atoms with Crippen molar-refractivity contribution in [1.82, 2.24) is 15.3 Å². The van der Waals surface area contributed by atoms with Gasteiger partial charge in [0.2, 0.25) is 0 Å². The number of nitrogens with zero attached hydrogens (tertiary/aromatic N) is 2. The van der Waals surface area contributed by atoms with Gasteiger partial charge in [0.1, 0.15) is 11.5 Å². The summed E-state index contributed by atoms with van der Waals surface area (Å²) in [6.07, 6.45) is 2.62. The quantitative estimate of drug-likeness (QED) is 0.616. The number of rotatable bonds is 7. The van der Waals surface area contributed by atoms with Crippen molar-refractivity contribution in [3.8, 4) is 11.4 Å². The van der Waals surface area contributed by atoms with Crippen molar-refractivity contribution >= 4 is 17.4 Å². The summed E-state index contributed by atoms with van der Waals surface area (Å²) in [7, 11) is 0. The zero-order chi connectivity index (χ0) is 19.1. The van der Waals surface area contributed by atoms with Gasteiger partial charge < -0.3 is 10.6 Å². The van der Waals surface area contributed by atoms with E-state index < -0.39 is 0 Å². The molecule has 0 fully saturated rings. The molecule has 27 heavy (non-hydrogen) atoms. The second-order valence-electron chi connectivity index (χ2n) is 6.00. The summed E-state index contributed by atoms with van der Waals surface area (Å²) in [4.78, 5) is 21.4. The van der Waals surface area contributed by atoms with Gasteiger partial charge >= 0.3 is 0 Å². The highest BCUT2D eigenvalue weighted by Crippen LogP contribution is 2.21. The molecular weight excluding hydrogens is 336 g/mol. The van der Waals surface area contributed by atoms with Crippen LogP contribution in [0.2, 0.25) is 0 Å². The first-order valence-electron chi connectivity index (χ1n) is 8.89. The molecule has 3 rings (SSSR count). The highest BCUT2D eigenvalue weighted by molar-refractivity contribution is 5.93. The third kappa shape index (κ3) is 4.79. The van der Waals surface area contributed by atoms with Gasteiger partial charge in [-0.3, -0.25) is 4.79 Å². The van der Waals surface area contributed by atoms with Gasteiger partial charge in [-0.25, -0.2) is 9.97 Å². The van der Waals surface area contributed by atoms with Crippen LogP contribution in [0.1, 0.15) is 23.0 Å². The van der Waals surface area contributed by atoms with Gasteiger partial charge in [-0.05, 0) is 24.1 Å². The molecule has 5 nitrogen and oxygen atoms in total. The highest BCUT2D eigenvalue weighted by Gasteiger charge is 2.13. The molecular formula is C22H22N4O. The van der Waals surface area contributed by atoms with Crippen LogP contribution in [0.25, 0.3) is 11.4 Å². The summed E-state index contributed by atoms with van der Waals surface area (Å²) < 4.78 is 0. The van der Waals surface area contributed by atoms with Crippen LogP contribution in [-0.4, -0.2) is 22.4 Å². The summed E-state index contributed by atoms with van der Waals surface area (Å²) in [5, 5.41) is 6.02. The van der Waals surface area contributed by atoms with Gasteiger partial charge in [-0.2, -0.15) is 0 Å². The highest BCUT2D eigenvalue weighted by atomic mass is 16.1. The number of hydrogen-bond donors (Lipinski definition) is 2. The van der Waals surface area contributed by atoms with Crippen molar-refractivity contribution in [2.75, 3.05) is 11.9 Å². The molecule has 5 heteroatoms. The van der Waals surface area contributed by atoms with Crippen molar-refractivity contribution in [2.45, 2.75) is 13.3 Å². The molecule has 2 N–H and O–H groups in total. The van der Waals surface area contributed by atoms with Crippen molar-refractivity contribution in [3.05, 3.63) is 84.6 Å². The lowest BCUT2D eigenvalue weighted by molar-refractivity contribution is 0.0953. The maximum absolute atomic E-state index is 12.4. The fraction of sp³-hybridized carbons (Fsp3) is 0.136. The second-order valence-corrected chi connectivity index (χ2v) is 6.00. The van der Waals surface area contributed by atoms with Crippen LogP contribution in [0.15, 0.2) is 73.3 Å². The fourth-order valence-electron chi connectivity index (χ4n) is 2.57. The lowest BCUT2D eigenvalue weighted by Crippen LogP contribution is -2.24. The summed E-state index contributed by atoms with van der Waals surface area (Å²) >= 11 is 0. The van der Waals surface area contributed by atoms with E-state index in [0.717, 1.165) is 17.7 Å². The Morgan fingerprint density at radius 2 is 1.81 bits per heavy atom. The van der Waals surface area contributed by atoms with Crippen LogP contribution in [-0.2, 0) is 6.42 Å². The van der Waals surface area contributed by atoms with Gasteiger partial charge in [0.05, 0.1) is 0 Å². The molecule has 1 aromatic heterocycles. The first-order valence-corrected chi connectivity index (χ1v) is 8.89. The summed E-state index contributed by atoms with van der Waals surface area (Å²) in [6, 6.07) is 19.4. The van der Waals surface area contributed by atoms with E-state index in [1.165, 1.54) is 5.56 Å². The van der Waals surface area contributed by atoms with Gasteiger partial charge in [-0.1, -0.05) is 55.5 Å². The van der Waals surface area contributed by atoms with E-state index in [-0.39, 0.29) is 5.91 Å². The number of carbonyl (C=O) groups is 1. The molecule has 2 aromatic carbocycles. The Labute approximate surface area is 159 Å². The van der Waals surface area contributed by atoms with Crippen molar-refractivity contribution in [1.29, 1.82) is 0 Å². The number of nitrogens with one attached hydrogen (secondary N) is 2. The molecule has 0 spiro atoms. The van der Waals surface area contributed by atoms with Gasteiger partial charge in [0.15, 0.2) is 5.82 Å². The average Bonchev–Trinajstić information content (AvgIpc) is 2.73. The Balaban J connectivity index is 1.95. The van der Waals surface area contributed by atoms with Crippen LogP contribution in [0.3, 0.4) is 0 Å². The van der Waals surface area contributed by atoms with E-state index >= 15 is 0 Å². The standard InChI is InChI=1S/C22H22N4O/c1-3-14-23-22(27)19-15-20(24-18-12-10-16(4-2)11-13-18)26-21(25-19)17-8-6-5-7-9-17/h3,5-13,15H,1,4,14H2,2H3,(H,23,27)(H,24,25,26). The number of benzene rings is 2. The molecule has 1 heterocycles. The van der Waals surface area contributed by atoms with E-state index in [1.807, 2.05) is 42.5 Å². The summed E-state index contributed by atoms with van der Waals surface area (Å²) in [5.41, 5.74) is 3.32. The monoisotopic (exact) mass is 358 g/mol. The van der Waals surface area contributed by atoms with Gasteiger partial charge in [0, 0.05) is 23.9 Å². The molecule has 0 aliphatic heterocycles. The Bertz CT molecular complexity index is 921. The van der Waals surface area contributed by atoms with Crippen LogP contribution in [0.4, 0.5) is 11.5 Å². The molecule has 1 amide bonds. The zero-order valence-electron chi connectivity index (χ0n) is 15.3. The Morgan fingerprint density at radius 3 is 2.48 bits per heavy atom. The maximum Gasteiger partial charge on any atom is 0.270 e. The van der Waals surface area contributed by atoms with Gasteiger partial charge in [0.25, 0.3) is 5.91 Å². The molecule has 3 aromatic rings. The SMILES string of the molecule is C=CCNC(=O)c1cc(Nc2ccc(CC)cc2)nc(-c2ccccc2)n1. The molecule has 0 saturated heterocycles. The van der Waals surface area contributed by atoms with Gasteiger partial charge in [-0.15, -0.1) is 6.58 Å². The lowest BCUT2D eigenvalue weighted by atomic mass is 10.1. The first-order chi connectivity index (χ1) is 13.2. The van der Waals surface area contributed by atoms with E-state index in [9.17, 15) is 4.79 Å². The number of aryl methyl sites for hydroxylation is 1. The van der Waals surface area contributed by atoms with Crippen molar-refractivity contribution < 1.29 is 4.79 Å². The molecule has 136 valence electrons. The van der Waals surface area contributed by atoms with Crippen LogP contribution < -0.4 is 10.6 Å². The largest absolute Gasteiger partial charge is 0.347 e. The average molecular weight is 358 g/mol. The molecule has 0 aliphatic rings. The zero-order valence-corrected chi connectivity index (χ0v) is 15.3. The summed E-state index contributed by atoms with van der Waals surface area (Å²) in [6.45, 7) is 6.12. The molecule has 0 atom stereocenters. The minimum absolute atomic E-state index is 0.265. The van der Waals surface area contributed by atoms with Crippen LogP contribution in [0.5, 0.6) is 0 Å². The predicted octanol–water partition coefficient (Wildman–Crippen LogP) is 4.37. The number of anilines is 2. The molecule has 0 unspecified atom stereocenters. The Morgan fingerprint density at radius 1 is 1.07 bits per heavy atom. The number of amides is 1. The number of hydrogen-bond acceptors (Lipinski definition) is 4. The number of aromatic nitrogens is 2. The van der Waals surface area contributed by atoms with Crippen LogP contribution >= 0.6 is 0 Å². The maximum atomic E-state index is 12.4. The Kier molecular flexibility index (Phi) is 5.94. The van der Waals surface area contributed by atoms with Crippen LogP contribution in [0, 0.1) is 0 Å². The lowest BCUT2D eigenvalue weighted by Gasteiger charge is -2.11. The van der Waals surface area contributed by atoms with Crippen molar-refractivity contribution in [2.24, 2.45) is 0 Å². The topological polar surface area (TPSA) is 66.9 Å². The third-order valence-corrected chi connectivity index (χ3v) is 4.03. The summed E-state index contributed by atoms with van der Waals surface area (Å²) in [5.74, 6) is 0.797. The first kappa shape index (κ1) is 18.3. The van der Waals surface area contributed by atoms with E-state index in [4.69, 9.17) is 0 Å². The fourth-order valence-corrected chi connectivity index (χ4v) is 2.57. The molecule has 0 radical (unpaired) electrons. The van der Waals surface area contributed by atoms with Crippen molar-refractivity contribution in [3.63, 3.8) is 0 Å². The van der Waals surface area contributed by atoms with E-state index in [1.54, 1.807) is 12.1 Å². The molecule has 0 saturated carbocycles. The third-order valence-electron chi connectivity index (χ3n) is 4.03. The predicted molar refractivity (Wildman–Crippen MR) is 109 cm³/mol. The molecule has 0 aliphatic carbocycles. The number of carbonyl (C=O) groups excluding carboxylic acids is 1. The Hall–Kier alpha value is -3.47. The van der Waals surface area contributed by atoms with E-state index in [0.29, 0.717) is 23.9 Å². The smallest absolute Gasteiger partial charge is 0.270 e. The minimum atomic E-state index is -0.265. The normalized spacial score (nSPS) is 10.3. The second kappa shape index (κ2) is 8.76. The van der Waals surface area contributed by atoms with E-state index in [2.05, 4.69) is 46.2 Å². The minimum Gasteiger partial charge on any atom is -0.347 e.